The second kappa shape index (κ2) is 9.81. The van der Waals surface area contributed by atoms with Crippen molar-refractivity contribution in [1.82, 2.24) is 14.9 Å². The lowest BCUT2D eigenvalue weighted by Gasteiger charge is -2.39. The van der Waals surface area contributed by atoms with Crippen LogP contribution in [0.5, 0.6) is 5.88 Å². The summed E-state index contributed by atoms with van der Waals surface area (Å²) in [5.74, 6) is -0.0831. The number of carbonyl (C=O) groups excluding carboxylic acids is 1. The molecule has 0 saturated carbocycles. The molecule has 6 rings (SSSR count). The van der Waals surface area contributed by atoms with E-state index in [4.69, 9.17) is 4.74 Å². The van der Waals surface area contributed by atoms with Gasteiger partial charge < -0.3 is 9.64 Å². The van der Waals surface area contributed by atoms with E-state index in [-0.39, 0.29) is 34.8 Å². The number of benzene rings is 3. The number of nitrogens with one attached hydrogen (secondary N) is 1. The van der Waals surface area contributed by atoms with Gasteiger partial charge in [0.1, 0.15) is 6.10 Å². The van der Waals surface area contributed by atoms with Crippen LogP contribution >= 0.6 is 0 Å². The summed E-state index contributed by atoms with van der Waals surface area (Å²) in [5, 5.41) is 0. The summed E-state index contributed by atoms with van der Waals surface area (Å²) < 4.78 is 35.7. The minimum Gasteiger partial charge on any atom is -0.472 e. The van der Waals surface area contributed by atoms with Crippen LogP contribution in [0, 0.1) is 13.8 Å². The number of ether oxygens (including phenoxy) is 1. The number of nitrogens with zero attached hydrogens (tertiary/aromatic N) is 3. The Labute approximate surface area is 227 Å². The largest absolute Gasteiger partial charge is 0.472 e. The van der Waals surface area contributed by atoms with Gasteiger partial charge in [-0.3, -0.25) is 4.79 Å². The van der Waals surface area contributed by atoms with Crippen molar-refractivity contribution in [1.29, 1.82) is 0 Å². The summed E-state index contributed by atoms with van der Waals surface area (Å²) in [6.45, 7) is 4.30. The van der Waals surface area contributed by atoms with Crippen LogP contribution in [-0.2, 0) is 10.0 Å². The average Bonchev–Trinajstić information content (AvgIpc) is 2.92. The molecule has 9 heteroatoms. The molecule has 0 radical (unpaired) electrons. The number of fused-ring (bicyclic) bond motifs is 6. The number of piperidine rings is 1. The Morgan fingerprint density at radius 2 is 1.64 bits per heavy atom. The molecule has 1 amide bonds. The summed E-state index contributed by atoms with van der Waals surface area (Å²) in [4.78, 5) is 24.6. The van der Waals surface area contributed by atoms with Crippen LogP contribution < -0.4 is 9.46 Å². The Morgan fingerprint density at radius 3 is 2.41 bits per heavy atom. The molecule has 3 aromatic carbocycles. The second-order valence-electron chi connectivity index (χ2n) is 10.0. The van der Waals surface area contributed by atoms with Crippen molar-refractivity contribution in [2.24, 2.45) is 0 Å². The van der Waals surface area contributed by atoms with Gasteiger partial charge in [-0.25, -0.2) is 18.1 Å². The Balaban J connectivity index is 1.50. The van der Waals surface area contributed by atoms with E-state index in [1.807, 2.05) is 62.4 Å². The lowest BCUT2D eigenvalue weighted by atomic mass is 9.93. The number of anilines is 1. The van der Waals surface area contributed by atoms with Crippen LogP contribution in [0.25, 0.3) is 11.3 Å². The number of amides is 1. The molecule has 4 aromatic rings. The lowest BCUT2D eigenvalue weighted by molar-refractivity contribution is 0.0334. The standard InChI is InChI=1S/C30H28N4O4S/c1-19-8-6-9-20(2)28(19)25-17-27-32-30(31-25)33-39(36,37)24-13-7-12-22(16-24)29(35)34-18-23(38-27)14-15-26(34)21-10-4-3-5-11-21/h3-13,16-17,23,26H,14-15,18H2,1-2H3,(H,31,32,33). The van der Waals surface area contributed by atoms with E-state index < -0.39 is 10.0 Å². The first-order valence-corrected chi connectivity index (χ1v) is 14.4. The first-order chi connectivity index (χ1) is 18.8. The highest BCUT2D eigenvalue weighted by Crippen LogP contribution is 2.35. The summed E-state index contributed by atoms with van der Waals surface area (Å²) >= 11 is 0. The van der Waals surface area contributed by atoms with Gasteiger partial charge in [0.25, 0.3) is 15.9 Å². The van der Waals surface area contributed by atoms with Gasteiger partial charge in [0, 0.05) is 17.2 Å². The summed E-state index contributed by atoms with van der Waals surface area (Å²) in [7, 11) is -4.09. The van der Waals surface area contributed by atoms with Gasteiger partial charge in [-0.2, -0.15) is 4.98 Å². The van der Waals surface area contributed by atoms with E-state index >= 15 is 0 Å². The Morgan fingerprint density at radius 1 is 0.897 bits per heavy atom. The van der Waals surface area contributed by atoms with Gasteiger partial charge in [0.2, 0.25) is 11.8 Å². The SMILES string of the molecule is Cc1cccc(C)c1-c1cc2nc(n1)NS(=O)(=O)c1cccc(c1)C(=O)N1CC(CCC1c1ccccc1)O2. The highest BCUT2D eigenvalue weighted by Gasteiger charge is 2.35. The minimum absolute atomic E-state index is 0.0408. The molecule has 2 atom stereocenters. The van der Waals surface area contributed by atoms with Crippen LogP contribution in [0.4, 0.5) is 5.95 Å². The number of sulfonamides is 1. The fraction of sp³-hybridized carbons (Fsp3) is 0.233. The molecule has 2 aliphatic rings. The van der Waals surface area contributed by atoms with Crippen LogP contribution in [0.2, 0.25) is 0 Å². The fourth-order valence-electron chi connectivity index (χ4n) is 5.47. The van der Waals surface area contributed by atoms with Gasteiger partial charge in [0.15, 0.2) is 0 Å². The maximum absolute atomic E-state index is 13.8. The maximum atomic E-state index is 13.8. The number of hydrogen-bond donors (Lipinski definition) is 1. The molecule has 3 heterocycles. The van der Waals surface area contributed by atoms with Crippen molar-refractivity contribution in [2.45, 2.75) is 43.7 Å². The molecule has 0 aliphatic carbocycles. The minimum atomic E-state index is -4.09. The van der Waals surface area contributed by atoms with Crippen LogP contribution in [0.3, 0.4) is 0 Å². The number of aromatic nitrogens is 2. The quantitative estimate of drug-likeness (QED) is 0.370. The van der Waals surface area contributed by atoms with Gasteiger partial charge >= 0.3 is 0 Å². The molecular weight excluding hydrogens is 512 g/mol. The molecule has 2 aliphatic heterocycles. The maximum Gasteiger partial charge on any atom is 0.264 e. The van der Waals surface area contributed by atoms with Gasteiger partial charge in [0.05, 0.1) is 23.2 Å². The molecule has 1 saturated heterocycles. The third-order valence-electron chi connectivity index (χ3n) is 7.33. The molecular formula is C30H28N4O4S. The summed E-state index contributed by atoms with van der Waals surface area (Å²) in [6, 6.07) is 23.5. The Hall–Kier alpha value is -4.24. The second-order valence-corrected chi connectivity index (χ2v) is 11.7. The fourth-order valence-corrected chi connectivity index (χ4v) is 6.46. The smallest absolute Gasteiger partial charge is 0.264 e. The molecule has 0 spiro atoms. The van der Waals surface area contributed by atoms with E-state index in [9.17, 15) is 13.2 Å². The van der Waals surface area contributed by atoms with Gasteiger partial charge in [-0.15, -0.1) is 0 Å². The molecule has 1 aromatic heterocycles. The van der Waals surface area contributed by atoms with Crippen molar-refractivity contribution in [3.8, 4) is 17.1 Å². The summed E-state index contributed by atoms with van der Waals surface area (Å²) in [6.07, 6.45) is 1.06. The third kappa shape index (κ3) is 4.85. The van der Waals surface area contributed by atoms with Crippen molar-refractivity contribution >= 4 is 21.9 Å². The first kappa shape index (κ1) is 25.1. The Kier molecular flexibility index (Phi) is 6.31. The monoisotopic (exact) mass is 540 g/mol. The molecule has 39 heavy (non-hydrogen) atoms. The number of aryl methyl sites for hydroxylation is 2. The zero-order chi connectivity index (χ0) is 27.1. The van der Waals surface area contributed by atoms with E-state index in [0.717, 1.165) is 22.3 Å². The zero-order valence-corrected chi connectivity index (χ0v) is 22.5. The van der Waals surface area contributed by atoms with Crippen molar-refractivity contribution in [3.05, 3.63) is 101 Å². The normalized spacial score (nSPS) is 20.1. The predicted octanol–water partition coefficient (Wildman–Crippen LogP) is 5.30. The highest BCUT2D eigenvalue weighted by atomic mass is 32.2. The number of rotatable bonds is 2. The molecule has 1 N–H and O–H groups in total. The van der Waals surface area contributed by atoms with Crippen molar-refractivity contribution in [3.63, 3.8) is 0 Å². The van der Waals surface area contributed by atoms with E-state index in [1.54, 1.807) is 23.1 Å². The zero-order valence-electron chi connectivity index (χ0n) is 21.7. The number of hydrogen-bond acceptors (Lipinski definition) is 6. The van der Waals surface area contributed by atoms with E-state index in [0.29, 0.717) is 30.6 Å². The Bertz CT molecular complexity index is 1650. The molecule has 1 fully saturated rings. The van der Waals surface area contributed by atoms with E-state index in [2.05, 4.69) is 14.7 Å². The molecule has 198 valence electrons. The molecule has 6 bridgehead atoms. The molecule has 2 unspecified atom stereocenters. The topological polar surface area (TPSA) is 101 Å². The lowest BCUT2D eigenvalue weighted by Crippen LogP contribution is -2.46. The van der Waals surface area contributed by atoms with Crippen molar-refractivity contribution < 1.29 is 17.9 Å². The van der Waals surface area contributed by atoms with Crippen LogP contribution in [0.15, 0.2) is 83.8 Å². The first-order valence-electron chi connectivity index (χ1n) is 12.9. The van der Waals surface area contributed by atoms with Crippen LogP contribution in [0.1, 0.15) is 45.9 Å². The van der Waals surface area contributed by atoms with Crippen LogP contribution in [-0.4, -0.2) is 41.8 Å². The third-order valence-corrected chi connectivity index (χ3v) is 8.65. The highest BCUT2D eigenvalue weighted by molar-refractivity contribution is 7.92. The van der Waals surface area contributed by atoms with Gasteiger partial charge in [-0.05, 0) is 61.6 Å². The average molecular weight is 541 g/mol. The van der Waals surface area contributed by atoms with Crippen molar-refractivity contribution in [2.75, 3.05) is 11.3 Å². The summed E-state index contributed by atoms with van der Waals surface area (Å²) in [5.41, 5.74) is 4.77. The predicted molar refractivity (Wildman–Crippen MR) is 148 cm³/mol. The number of carbonyl (C=O) groups is 1. The van der Waals surface area contributed by atoms with Gasteiger partial charge in [-0.1, -0.05) is 54.6 Å². The van der Waals surface area contributed by atoms with E-state index in [1.165, 1.54) is 12.1 Å². The molecule has 8 nitrogen and oxygen atoms in total.